The number of carbonyl (C=O) groups is 2. The molecule has 1 N–H and O–H groups in total. The Labute approximate surface area is 160 Å². The molecule has 1 aliphatic heterocycles. The minimum Gasteiger partial charge on any atom is -0.493 e. The number of nitrogens with zero attached hydrogens (tertiary/aromatic N) is 1. The number of aryl methyl sites for hydroxylation is 2. The van der Waals surface area contributed by atoms with Crippen LogP contribution < -0.4 is 10.1 Å². The van der Waals surface area contributed by atoms with Crippen LogP contribution in [0.4, 0.5) is 5.69 Å². The lowest BCUT2D eigenvalue weighted by molar-refractivity contribution is -0.116. The predicted molar refractivity (Wildman–Crippen MR) is 106 cm³/mol. The highest BCUT2D eigenvalue weighted by atomic mass is 16.5. The number of hydrogen-bond acceptors (Lipinski definition) is 3. The summed E-state index contributed by atoms with van der Waals surface area (Å²) in [5, 5.41) is 2.84. The van der Waals surface area contributed by atoms with Crippen LogP contribution in [0.1, 0.15) is 40.7 Å². The van der Waals surface area contributed by atoms with Crippen molar-refractivity contribution in [2.75, 3.05) is 25.0 Å². The molecule has 2 amide bonds. The Morgan fingerprint density at radius 2 is 1.74 bits per heavy atom. The molecule has 1 heterocycles. The maximum atomic E-state index is 12.3. The van der Waals surface area contributed by atoms with Crippen molar-refractivity contribution in [1.29, 1.82) is 0 Å². The standard InChI is InChI=1S/C22H26N2O3/c1-16-5-10-20(17(2)15-16)27-14-11-21(25)23-19-8-6-18(7-9-19)22(26)24-12-3-4-13-24/h5-10,15H,3-4,11-14H2,1-2H3,(H,23,25). The molecule has 0 bridgehead atoms. The van der Waals surface area contributed by atoms with E-state index in [0.717, 1.165) is 37.2 Å². The van der Waals surface area contributed by atoms with Crippen molar-refractivity contribution in [2.24, 2.45) is 0 Å². The number of benzene rings is 2. The van der Waals surface area contributed by atoms with Crippen LogP contribution in [0.5, 0.6) is 5.75 Å². The fourth-order valence-electron chi connectivity index (χ4n) is 3.24. The van der Waals surface area contributed by atoms with E-state index >= 15 is 0 Å². The average Bonchev–Trinajstić information content (AvgIpc) is 3.18. The second-order valence-electron chi connectivity index (χ2n) is 6.99. The van der Waals surface area contributed by atoms with Gasteiger partial charge in [-0.25, -0.2) is 0 Å². The van der Waals surface area contributed by atoms with Gasteiger partial charge in [0.25, 0.3) is 5.91 Å². The molecule has 142 valence electrons. The zero-order valence-electron chi connectivity index (χ0n) is 16.0. The summed E-state index contributed by atoms with van der Waals surface area (Å²) in [6.45, 7) is 6.01. The van der Waals surface area contributed by atoms with Gasteiger partial charge in [0, 0.05) is 24.3 Å². The van der Waals surface area contributed by atoms with Gasteiger partial charge in [0.15, 0.2) is 0 Å². The van der Waals surface area contributed by atoms with Crippen LogP contribution in [0.15, 0.2) is 42.5 Å². The van der Waals surface area contributed by atoms with Crippen molar-refractivity contribution >= 4 is 17.5 Å². The maximum absolute atomic E-state index is 12.3. The van der Waals surface area contributed by atoms with Crippen LogP contribution in [0.2, 0.25) is 0 Å². The first-order valence-electron chi connectivity index (χ1n) is 9.42. The summed E-state index contributed by atoms with van der Waals surface area (Å²) < 4.78 is 5.70. The van der Waals surface area contributed by atoms with Crippen molar-refractivity contribution < 1.29 is 14.3 Å². The quantitative estimate of drug-likeness (QED) is 0.842. The smallest absolute Gasteiger partial charge is 0.253 e. The molecule has 0 radical (unpaired) electrons. The molecule has 0 atom stereocenters. The van der Waals surface area contributed by atoms with Crippen LogP contribution in [0.25, 0.3) is 0 Å². The number of carbonyl (C=O) groups excluding carboxylic acids is 2. The van der Waals surface area contributed by atoms with Crippen molar-refractivity contribution in [3.05, 3.63) is 59.2 Å². The van der Waals surface area contributed by atoms with Gasteiger partial charge < -0.3 is 15.0 Å². The lowest BCUT2D eigenvalue weighted by Crippen LogP contribution is -2.27. The van der Waals surface area contributed by atoms with Gasteiger partial charge in [0.1, 0.15) is 5.75 Å². The third kappa shape index (κ3) is 5.09. The number of hydrogen-bond donors (Lipinski definition) is 1. The summed E-state index contributed by atoms with van der Waals surface area (Å²) in [5.41, 5.74) is 3.59. The number of ether oxygens (including phenoxy) is 1. The number of likely N-dealkylation sites (tertiary alicyclic amines) is 1. The Morgan fingerprint density at radius 3 is 2.41 bits per heavy atom. The van der Waals surface area contributed by atoms with E-state index in [2.05, 4.69) is 11.4 Å². The van der Waals surface area contributed by atoms with E-state index < -0.39 is 0 Å². The van der Waals surface area contributed by atoms with Gasteiger partial charge in [-0.15, -0.1) is 0 Å². The molecular weight excluding hydrogens is 340 g/mol. The lowest BCUT2D eigenvalue weighted by Gasteiger charge is -2.15. The summed E-state index contributed by atoms with van der Waals surface area (Å²) in [7, 11) is 0. The minimum atomic E-state index is -0.113. The second-order valence-corrected chi connectivity index (χ2v) is 6.99. The molecule has 27 heavy (non-hydrogen) atoms. The zero-order chi connectivity index (χ0) is 19.2. The van der Waals surface area contributed by atoms with E-state index in [1.165, 1.54) is 5.56 Å². The highest BCUT2D eigenvalue weighted by Crippen LogP contribution is 2.19. The molecule has 0 aromatic heterocycles. The Hall–Kier alpha value is -2.82. The lowest BCUT2D eigenvalue weighted by atomic mass is 10.1. The fraction of sp³-hybridized carbons (Fsp3) is 0.364. The molecule has 2 aromatic carbocycles. The van der Waals surface area contributed by atoms with Gasteiger partial charge in [0.05, 0.1) is 13.0 Å². The molecule has 1 aliphatic rings. The highest BCUT2D eigenvalue weighted by molar-refractivity contribution is 5.96. The van der Waals surface area contributed by atoms with Gasteiger partial charge in [-0.05, 0) is 62.6 Å². The van der Waals surface area contributed by atoms with Crippen molar-refractivity contribution in [3.63, 3.8) is 0 Å². The molecule has 1 fully saturated rings. The van der Waals surface area contributed by atoms with Crippen LogP contribution in [0, 0.1) is 13.8 Å². The summed E-state index contributed by atoms with van der Waals surface area (Å²) in [6.07, 6.45) is 2.41. The summed E-state index contributed by atoms with van der Waals surface area (Å²) in [5.74, 6) is 0.754. The van der Waals surface area contributed by atoms with Gasteiger partial charge in [-0.1, -0.05) is 17.7 Å². The molecule has 0 aliphatic carbocycles. The Kier molecular flexibility index (Phi) is 6.12. The number of rotatable bonds is 6. The van der Waals surface area contributed by atoms with Gasteiger partial charge in [-0.3, -0.25) is 9.59 Å². The number of nitrogens with one attached hydrogen (secondary N) is 1. The first kappa shape index (κ1) is 19.0. The molecule has 0 spiro atoms. The van der Waals surface area contributed by atoms with E-state index in [9.17, 15) is 9.59 Å². The molecule has 3 rings (SSSR count). The molecule has 5 heteroatoms. The monoisotopic (exact) mass is 366 g/mol. The van der Waals surface area contributed by atoms with Gasteiger partial charge in [0.2, 0.25) is 5.91 Å². The van der Waals surface area contributed by atoms with Crippen LogP contribution >= 0.6 is 0 Å². The van der Waals surface area contributed by atoms with E-state index in [1.54, 1.807) is 24.3 Å². The summed E-state index contributed by atoms with van der Waals surface area (Å²) >= 11 is 0. The van der Waals surface area contributed by atoms with Gasteiger partial charge >= 0.3 is 0 Å². The van der Waals surface area contributed by atoms with Crippen LogP contribution in [-0.4, -0.2) is 36.4 Å². The Balaban J connectivity index is 1.47. The SMILES string of the molecule is Cc1ccc(OCCC(=O)Nc2ccc(C(=O)N3CCCC3)cc2)c(C)c1. The largest absolute Gasteiger partial charge is 0.493 e. The molecule has 2 aromatic rings. The predicted octanol–water partition coefficient (Wildman–Crippen LogP) is 3.95. The molecule has 1 saturated heterocycles. The van der Waals surface area contributed by atoms with Crippen LogP contribution in [-0.2, 0) is 4.79 Å². The van der Waals surface area contributed by atoms with E-state index in [-0.39, 0.29) is 18.2 Å². The van der Waals surface area contributed by atoms with Crippen LogP contribution in [0.3, 0.4) is 0 Å². The highest BCUT2D eigenvalue weighted by Gasteiger charge is 2.19. The Morgan fingerprint density at radius 1 is 1.04 bits per heavy atom. The van der Waals surface area contributed by atoms with Crippen molar-refractivity contribution in [1.82, 2.24) is 4.90 Å². The van der Waals surface area contributed by atoms with E-state index in [0.29, 0.717) is 17.9 Å². The zero-order valence-corrected chi connectivity index (χ0v) is 16.0. The molecule has 0 unspecified atom stereocenters. The summed E-state index contributed by atoms with van der Waals surface area (Å²) in [6, 6.07) is 13.1. The molecule has 5 nitrogen and oxygen atoms in total. The topological polar surface area (TPSA) is 58.6 Å². The second kappa shape index (κ2) is 8.71. The van der Waals surface area contributed by atoms with E-state index in [4.69, 9.17) is 4.74 Å². The number of amides is 2. The summed E-state index contributed by atoms with van der Waals surface area (Å²) in [4.78, 5) is 26.3. The first-order chi connectivity index (χ1) is 13.0. The van der Waals surface area contributed by atoms with Crippen molar-refractivity contribution in [2.45, 2.75) is 33.1 Å². The fourth-order valence-corrected chi connectivity index (χ4v) is 3.24. The third-order valence-corrected chi connectivity index (χ3v) is 4.73. The minimum absolute atomic E-state index is 0.0623. The molecular formula is C22H26N2O3. The Bertz CT molecular complexity index is 809. The molecule has 0 saturated carbocycles. The number of anilines is 1. The average molecular weight is 366 g/mol. The third-order valence-electron chi connectivity index (χ3n) is 4.73. The normalized spacial score (nSPS) is 13.5. The maximum Gasteiger partial charge on any atom is 0.253 e. The van der Waals surface area contributed by atoms with E-state index in [1.807, 2.05) is 30.9 Å². The van der Waals surface area contributed by atoms with Gasteiger partial charge in [-0.2, -0.15) is 0 Å². The van der Waals surface area contributed by atoms with Crippen molar-refractivity contribution in [3.8, 4) is 5.75 Å². The first-order valence-corrected chi connectivity index (χ1v) is 9.42.